The van der Waals surface area contributed by atoms with E-state index in [-0.39, 0.29) is 0 Å². The molecule has 0 N–H and O–H groups in total. The van der Waals surface area contributed by atoms with Crippen molar-refractivity contribution in [1.82, 2.24) is 0 Å². The van der Waals surface area contributed by atoms with E-state index in [2.05, 4.69) is 20.8 Å². The fourth-order valence-corrected chi connectivity index (χ4v) is 4.16. The predicted octanol–water partition coefficient (Wildman–Crippen LogP) is 3.86. The summed E-state index contributed by atoms with van der Waals surface area (Å²) >= 11 is 0. The smallest absolute Gasteiger partial charge is 0.0241 e. The van der Waals surface area contributed by atoms with Gasteiger partial charge in [-0.05, 0) is 42.4 Å². The van der Waals surface area contributed by atoms with Gasteiger partial charge < -0.3 is 0 Å². The maximum absolute atomic E-state index is 2.48. The summed E-state index contributed by atoms with van der Waals surface area (Å²) in [5, 5.41) is 0. The molecular weight excluding hydrogens is 144 g/mol. The van der Waals surface area contributed by atoms with Crippen LogP contribution in [0.3, 0.4) is 0 Å². The van der Waals surface area contributed by atoms with Crippen LogP contribution in [0.4, 0.5) is 0 Å². The fourth-order valence-electron chi connectivity index (χ4n) is 4.16. The lowest BCUT2D eigenvalue weighted by Crippen LogP contribution is -2.55. The molecule has 0 bridgehead atoms. The van der Waals surface area contributed by atoms with Crippen molar-refractivity contribution in [3.8, 4) is 0 Å². The van der Waals surface area contributed by atoms with Gasteiger partial charge in [-0.25, -0.2) is 0 Å². The van der Waals surface area contributed by atoms with Gasteiger partial charge in [0.05, 0.1) is 0 Å². The molecule has 0 saturated heterocycles. The third kappa shape index (κ3) is 0.843. The molecule has 0 nitrogen and oxygen atoms in total. The summed E-state index contributed by atoms with van der Waals surface area (Å²) in [4.78, 5) is 0. The zero-order chi connectivity index (χ0) is 8.77. The molecule has 0 radical (unpaired) electrons. The largest absolute Gasteiger partial charge is 0.0648 e. The SMILES string of the molecule is CCC12CCCCC1C(C)C2C. The first kappa shape index (κ1) is 8.59. The Bertz CT molecular complexity index is 173. The van der Waals surface area contributed by atoms with Gasteiger partial charge >= 0.3 is 0 Å². The Balaban J connectivity index is 2.16. The highest BCUT2D eigenvalue weighted by Crippen LogP contribution is 2.64. The Hall–Kier alpha value is 0. The average molecular weight is 166 g/mol. The third-order valence-electron chi connectivity index (χ3n) is 5.13. The van der Waals surface area contributed by atoms with Gasteiger partial charge in [-0.1, -0.05) is 33.6 Å². The zero-order valence-corrected chi connectivity index (χ0v) is 8.77. The van der Waals surface area contributed by atoms with Gasteiger partial charge in [-0.2, -0.15) is 0 Å². The maximum atomic E-state index is 2.48. The van der Waals surface area contributed by atoms with Crippen LogP contribution in [0.1, 0.15) is 52.9 Å². The molecule has 4 unspecified atom stereocenters. The van der Waals surface area contributed by atoms with Gasteiger partial charge in [0.15, 0.2) is 0 Å². The van der Waals surface area contributed by atoms with Crippen molar-refractivity contribution in [2.75, 3.05) is 0 Å². The summed E-state index contributed by atoms with van der Waals surface area (Å²) < 4.78 is 0. The highest BCUT2D eigenvalue weighted by atomic mass is 14.6. The van der Waals surface area contributed by atoms with Gasteiger partial charge in [0.25, 0.3) is 0 Å². The molecule has 4 atom stereocenters. The Labute approximate surface area is 76.7 Å². The lowest BCUT2D eigenvalue weighted by molar-refractivity contribution is -0.136. The molecule has 0 aromatic carbocycles. The molecule has 2 aliphatic rings. The second-order valence-corrected chi connectivity index (χ2v) is 5.09. The number of hydrogen-bond donors (Lipinski definition) is 0. The molecule has 70 valence electrons. The molecule has 0 amide bonds. The van der Waals surface area contributed by atoms with Gasteiger partial charge in [-0.15, -0.1) is 0 Å². The van der Waals surface area contributed by atoms with E-state index in [9.17, 15) is 0 Å². The monoisotopic (exact) mass is 166 g/mol. The van der Waals surface area contributed by atoms with Crippen molar-refractivity contribution in [2.45, 2.75) is 52.9 Å². The topological polar surface area (TPSA) is 0 Å². The fraction of sp³-hybridized carbons (Fsp3) is 1.00. The quantitative estimate of drug-likeness (QED) is 0.555. The lowest BCUT2D eigenvalue weighted by Gasteiger charge is -2.62. The summed E-state index contributed by atoms with van der Waals surface area (Å²) in [6.45, 7) is 7.35. The third-order valence-corrected chi connectivity index (χ3v) is 5.13. The van der Waals surface area contributed by atoms with E-state index < -0.39 is 0 Å². The summed E-state index contributed by atoms with van der Waals surface area (Å²) in [5.41, 5.74) is 0.789. The van der Waals surface area contributed by atoms with E-state index in [1.165, 1.54) is 32.1 Å². The van der Waals surface area contributed by atoms with Crippen LogP contribution in [0.5, 0.6) is 0 Å². The van der Waals surface area contributed by atoms with E-state index in [1.54, 1.807) is 0 Å². The first-order chi connectivity index (χ1) is 5.72. The minimum absolute atomic E-state index is 0.789. The maximum Gasteiger partial charge on any atom is -0.0241 e. The minimum atomic E-state index is 0.789. The van der Waals surface area contributed by atoms with Crippen molar-refractivity contribution in [1.29, 1.82) is 0 Å². The molecule has 2 aliphatic carbocycles. The molecular formula is C12H22. The summed E-state index contributed by atoms with van der Waals surface area (Å²) in [5.74, 6) is 3.12. The molecule has 0 heterocycles. The second kappa shape index (κ2) is 2.75. The molecule has 0 aromatic heterocycles. The summed E-state index contributed by atoms with van der Waals surface area (Å²) in [6, 6.07) is 0. The van der Waals surface area contributed by atoms with Gasteiger partial charge in [0.1, 0.15) is 0 Å². The van der Waals surface area contributed by atoms with Crippen molar-refractivity contribution < 1.29 is 0 Å². The molecule has 0 aliphatic heterocycles. The van der Waals surface area contributed by atoms with Crippen LogP contribution in [0.2, 0.25) is 0 Å². The van der Waals surface area contributed by atoms with Crippen molar-refractivity contribution >= 4 is 0 Å². The number of rotatable bonds is 1. The molecule has 0 spiro atoms. The van der Waals surface area contributed by atoms with Crippen LogP contribution < -0.4 is 0 Å². The van der Waals surface area contributed by atoms with E-state index in [1.807, 2.05) is 0 Å². The second-order valence-electron chi connectivity index (χ2n) is 5.09. The number of hydrogen-bond acceptors (Lipinski definition) is 0. The van der Waals surface area contributed by atoms with E-state index in [4.69, 9.17) is 0 Å². The van der Waals surface area contributed by atoms with Crippen LogP contribution in [-0.4, -0.2) is 0 Å². The predicted molar refractivity (Wildman–Crippen MR) is 53.0 cm³/mol. The highest BCUT2D eigenvalue weighted by molar-refractivity contribution is 5.05. The highest BCUT2D eigenvalue weighted by Gasteiger charge is 2.56. The molecule has 2 rings (SSSR count). The van der Waals surface area contributed by atoms with Gasteiger partial charge in [-0.3, -0.25) is 0 Å². The normalized spacial score (nSPS) is 52.8. The Kier molecular flexibility index (Phi) is 1.97. The van der Waals surface area contributed by atoms with Crippen LogP contribution in [-0.2, 0) is 0 Å². The van der Waals surface area contributed by atoms with Crippen molar-refractivity contribution in [3.63, 3.8) is 0 Å². The summed E-state index contributed by atoms with van der Waals surface area (Å²) in [6.07, 6.45) is 7.49. The lowest BCUT2D eigenvalue weighted by atomic mass is 9.42. The van der Waals surface area contributed by atoms with Gasteiger partial charge in [0, 0.05) is 0 Å². The van der Waals surface area contributed by atoms with Crippen molar-refractivity contribution in [2.24, 2.45) is 23.2 Å². The van der Waals surface area contributed by atoms with Crippen LogP contribution in [0.25, 0.3) is 0 Å². The average Bonchev–Trinajstić information content (AvgIpc) is 2.15. The van der Waals surface area contributed by atoms with Gasteiger partial charge in [0.2, 0.25) is 0 Å². The van der Waals surface area contributed by atoms with E-state index >= 15 is 0 Å². The molecule has 0 heteroatoms. The Morgan fingerprint density at radius 2 is 2.00 bits per heavy atom. The molecule has 2 fully saturated rings. The minimum Gasteiger partial charge on any atom is -0.0648 e. The Morgan fingerprint density at radius 1 is 1.25 bits per heavy atom. The molecule has 0 aromatic rings. The van der Waals surface area contributed by atoms with Crippen LogP contribution >= 0.6 is 0 Å². The van der Waals surface area contributed by atoms with Crippen LogP contribution in [0, 0.1) is 23.2 Å². The van der Waals surface area contributed by atoms with Crippen LogP contribution in [0.15, 0.2) is 0 Å². The standard InChI is InChI=1S/C12H22/c1-4-12-8-6-5-7-11(12)9(2)10(12)3/h9-11H,4-8H2,1-3H3. The zero-order valence-electron chi connectivity index (χ0n) is 8.77. The Morgan fingerprint density at radius 3 is 2.58 bits per heavy atom. The summed E-state index contributed by atoms with van der Waals surface area (Å²) in [7, 11) is 0. The first-order valence-corrected chi connectivity index (χ1v) is 5.72. The number of fused-ring (bicyclic) bond motifs is 1. The molecule has 12 heavy (non-hydrogen) atoms. The van der Waals surface area contributed by atoms with E-state index in [0.717, 1.165) is 23.2 Å². The molecule has 2 saturated carbocycles. The van der Waals surface area contributed by atoms with Crippen molar-refractivity contribution in [3.05, 3.63) is 0 Å². The van der Waals surface area contributed by atoms with E-state index in [0.29, 0.717) is 0 Å². The first-order valence-electron chi connectivity index (χ1n) is 5.72.